The SMILES string of the molecule is C.C.CC(=O)O[C@@H]([C@H]1C[C@@H](C)[C@H]2[C@H](O1)[C@H](O)[C@@]1(C)[C@@H]3CC[C@H]4C(C)(C)C(O)CC[C@@]45C[C@@]35CC[C@]21C)C(C)(C)O.CC(=O)O[C@@H]([C@H]1C[C@@H](C)[C@H]2[C@H](O1)[C@H](O)[C@@]1(C)[C@@H]3CC[C@H]4C(C)(C)C(O[C@@H]5OCC(O)[C@H](O)[C@H]5O)CC[C@@]45C[C@@]35CC[C@]21C)C(C)(C)O. The molecule has 3 saturated heterocycles. The molecule has 3 unspecified atom stereocenters. The van der Waals surface area contributed by atoms with Crippen molar-refractivity contribution < 1.29 is 78.9 Å². The summed E-state index contributed by atoms with van der Waals surface area (Å²) in [5, 5.41) is 88.5. The van der Waals surface area contributed by atoms with Crippen molar-refractivity contribution in [2.45, 2.75) is 325 Å². The van der Waals surface area contributed by atoms with Crippen LogP contribution in [0, 0.1) is 101 Å². The maximum absolute atomic E-state index is 12.5. The van der Waals surface area contributed by atoms with Crippen molar-refractivity contribution in [2.75, 3.05) is 6.61 Å². The summed E-state index contributed by atoms with van der Waals surface area (Å²) >= 11 is 0. The highest BCUT2D eigenvalue weighted by Crippen LogP contribution is 2.91. The minimum atomic E-state index is -1.30. The Balaban J connectivity index is 0.000000192. The van der Waals surface area contributed by atoms with Gasteiger partial charge in [-0.15, -0.1) is 0 Å². The van der Waals surface area contributed by atoms with Gasteiger partial charge >= 0.3 is 11.9 Å². The fraction of sp³-hybridized carbons (Fsp3) is 0.972. The van der Waals surface area contributed by atoms with E-state index in [1.165, 1.54) is 33.1 Å². The molecule has 0 radical (unpaired) electrons. The Morgan fingerprint density at radius 1 is 0.529 bits per heavy atom. The molecule has 10 saturated carbocycles. The lowest BCUT2D eigenvalue weighted by Crippen LogP contribution is -2.61. The standard InChI is InChI=1S/C37H60O10.C32H52O6.2CH4/c1-18-15-21(30(33(5,6)43)45-19(2)38)46-28-25(18)34(7)13-14-37-17-36(37)12-11-24(47-31-27(41)26(40)20(39)16-44-31)32(3,4)22(36)9-10-23(37)35(34,8)29(28)42;1-17-15-19(26(28(5,6)36)37-18(2)33)38-24-23(17)29(7)13-14-32-16-31(32)12-11-22(34)27(3,4)20(31)9-10-21(32)30(29,8)25(24)35;;/h18,20-31,39-43H,9-17H2,1-8H3;17,19-26,34-36H,9-16H2,1-8H3;2*1H4/t18-,20?,21-,22+,23+,24?,25+,26+,27-,28+,29+,30+,31+,34-,35-,36-,37+;17-,19-,20+,21+,22?,23+,24+,25+,26+,29-,30-,31-,32+;;/m11../s1. The van der Waals surface area contributed by atoms with Gasteiger partial charge in [0.1, 0.15) is 18.3 Å². The first-order valence-corrected chi connectivity index (χ1v) is 33.7. The summed E-state index contributed by atoms with van der Waals surface area (Å²) in [5.41, 5.74) is -2.62. The predicted molar refractivity (Wildman–Crippen MR) is 328 cm³/mol. The Kier molecular flexibility index (Phi) is 16.9. The number of carbonyl (C=O) groups is 2. The molecular weight excluding hydrogens is 1110 g/mol. The van der Waals surface area contributed by atoms with E-state index in [1.807, 2.05) is 0 Å². The van der Waals surface area contributed by atoms with Crippen molar-refractivity contribution >= 4 is 11.9 Å². The highest BCUT2D eigenvalue weighted by Gasteiger charge is 2.87. The molecule has 3 aliphatic heterocycles. The number of rotatable bonds is 8. The Hall–Kier alpha value is -1.54. The van der Waals surface area contributed by atoms with Crippen LogP contribution in [0.2, 0.25) is 0 Å². The quantitative estimate of drug-likeness (QED) is 0.0832. The lowest BCUT2D eigenvalue weighted by molar-refractivity contribution is -0.303. The average Bonchev–Trinajstić information content (AvgIpc) is 1.47. The second kappa shape index (κ2) is 21.5. The van der Waals surface area contributed by atoms with Gasteiger partial charge in [0, 0.05) is 24.7 Å². The van der Waals surface area contributed by atoms with Crippen LogP contribution >= 0.6 is 0 Å². The zero-order chi connectivity index (χ0) is 62.1. The molecule has 4 spiro atoms. The topological polar surface area (TPSA) is 251 Å². The summed E-state index contributed by atoms with van der Waals surface area (Å²) in [7, 11) is 0. The normalized spacial score (nSPS) is 54.2. The van der Waals surface area contributed by atoms with Gasteiger partial charge in [0.2, 0.25) is 0 Å². The van der Waals surface area contributed by atoms with Crippen LogP contribution in [0.3, 0.4) is 0 Å². The van der Waals surface area contributed by atoms with Crippen molar-refractivity contribution in [3.05, 3.63) is 0 Å². The lowest BCUT2D eigenvalue weighted by Gasteiger charge is -2.64. The van der Waals surface area contributed by atoms with Gasteiger partial charge in [0.05, 0.1) is 66.6 Å². The summed E-state index contributed by atoms with van der Waals surface area (Å²) in [5.74, 6) is 1.81. The largest absolute Gasteiger partial charge is 0.457 e. The number of hydrogen-bond donors (Lipinski definition) is 8. The first-order chi connectivity index (χ1) is 39.2. The van der Waals surface area contributed by atoms with Gasteiger partial charge in [0.15, 0.2) is 18.5 Å². The van der Waals surface area contributed by atoms with E-state index in [0.29, 0.717) is 41.9 Å². The Morgan fingerprint density at radius 3 is 1.33 bits per heavy atom. The third-order valence-corrected chi connectivity index (χ3v) is 30.0. The van der Waals surface area contributed by atoms with Crippen molar-refractivity contribution in [2.24, 2.45) is 101 Å². The van der Waals surface area contributed by atoms with E-state index >= 15 is 0 Å². The number of hydrogen-bond acceptors (Lipinski definition) is 16. The molecule has 13 rings (SSSR count). The smallest absolute Gasteiger partial charge is 0.303 e. The van der Waals surface area contributed by atoms with E-state index in [0.717, 1.165) is 70.6 Å². The maximum Gasteiger partial charge on any atom is 0.303 e. The first-order valence-electron chi connectivity index (χ1n) is 33.7. The molecule has 0 aromatic rings. The molecule has 0 amide bonds. The predicted octanol–water partition coefficient (Wildman–Crippen LogP) is 9.46. The highest BCUT2D eigenvalue weighted by molar-refractivity contribution is 5.66. The van der Waals surface area contributed by atoms with Gasteiger partial charge in [-0.3, -0.25) is 9.59 Å². The number of fused-ring (bicyclic) bond motifs is 8. The highest BCUT2D eigenvalue weighted by atomic mass is 16.7. The number of ether oxygens (including phenoxy) is 6. The van der Waals surface area contributed by atoms with Gasteiger partial charge < -0.3 is 69.3 Å². The van der Waals surface area contributed by atoms with Crippen LogP contribution in [0.5, 0.6) is 0 Å². The van der Waals surface area contributed by atoms with Crippen LogP contribution in [0.1, 0.15) is 228 Å². The molecule has 16 nitrogen and oxygen atoms in total. The number of aliphatic hydroxyl groups excluding tert-OH is 6. The fourth-order valence-electron chi connectivity index (χ4n) is 26.0. The van der Waals surface area contributed by atoms with Crippen molar-refractivity contribution in [3.63, 3.8) is 0 Å². The Labute approximate surface area is 522 Å². The van der Waals surface area contributed by atoms with Crippen LogP contribution in [0.25, 0.3) is 0 Å². The maximum atomic E-state index is 12.5. The molecule has 0 aromatic carbocycles. The second-order valence-electron chi connectivity index (χ2n) is 34.9. The van der Waals surface area contributed by atoms with Crippen molar-refractivity contribution in [3.8, 4) is 0 Å². The monoisotopic (exact) mass is 1230 g/mol. The van der Waals surface area contributed by atoms with Crippen molar-refractivity contribution in [1.29, 1.82) is 0 Å². The summed E-state index contributed by atoms with van der Waals surface area (Å²) in [6.07, 6.45) is 6.90. The molecule has 87 heavy (non-hydrogen) atoms. The van der Waals surface area contributed by atoms with Crippen LogP contribution in [0.4, 0.5) is 0 Å². The molecule has 10 aliphatic carbocycles. The summed E-state index contributed by atoms with van der Waals surface area (Å²) in [4.78, 5) is 24.0. The third kappa shape index (κ3) is 9.08. The first kappa shape index (κ1) is 68.3. The zero-order valence-corrected chi connectivity index (χ0v) is 54.6. The van der Waals surface area contributed by atoms with E-state index in [9.17, 15) is 50.4 Å². The number of carbonyl (C=O) groups excluding carboxylic acids is 2. The van der Waals surface area contributed by atoms with Crippen LogP contribution in [-0.4, -0.2) is 156 Å². The number of aliphatic hydroxyl groups is 8. The molecular formula is C71H120O16. The third-order valence-electron chi connectivity index (χ3n) is 30.0. The summed E-state index contributed by atoms with van der Waals surface area (Å²) in [6, 6.07) is 0. The van der Waals surface area contributed by atoms with E-state index in [4.69, 9.17) is 28.4 Å². The van der Waals surface area contributed by atoms with Gasteiger partial charge in [-0.2, -0.15) is 0 Å². The molecule has 0 aromatic heterocycles. The molecule has 3 heterocycles. The fourth-order valence-corrected chi connectivity index (χ4v) is 26.0. The molecule has 30 atom stereocenters. The minimum absolute atomic E-state index is 0. The molecule has 16 heteroatoms. The van der Waals surface area contributed by atoms with Crippen LogP contribution < -0.4 is 0 Å². The van der Waals surface area contributed by atoms with E-state index in [1.54, 1.807) is 27.7 Å². The van der Waals surface area contributed by atoms with Crippen molar-refractivity contribution in [1.82, 2.24) is 0 Å². The van der Waals surface area contributed by atoms with Gasteiger partial charge in [-0.25, -0.2) is 0 Å². The minimum Gasteiger partial charge on any atom is -0.457 e. The lowest BCUT2D eigenvalue weighted by atomic mass is 9.41. The van der Waals surface area contributed by atoms with Crippen LogP contribution in [0.15, 0.2) is 0 Å². The Morgan fingerprint density at radius 2 is 0.920 bits per heavy atom. The van der Waals surface area contributed by atoms with E-state index < -0.39 is 90.5 Å². The van der Waals surface area contributed by atoms with E-state index in [-0.39, 0.29) is 112 Å². The number of esters is 2. The van der Waals surface area contributed by atoms with Gasteiger partial charge in [-0.1, -0.05) is 84.1 Å². The van der Waals surface area contributed by atoms with Crippen LogP contribution in [-0.2, 0) is 38.0 Å². The Bertz CT molecular complexity index is 2600. The molecule has 500 valence electrons. The average molecular weight is 1230 g/mol. The van der Waals surface area contributed by atoms with E-state index in [2.05, 4.69) is 69.2 Å². The summed E-state index contributed by atoms with van der Waals surface area (Å²) < 4.78 is 37.0. The summed E-state index contributed by atoms with van der Waals surface area (Å²) in [6.45, 7) is 32.6. The molecule has 13 fully saturated rings. The molecule has 8 N–H and O–H groups in total. The molecule has 0 bridgehead atoms. The molecule has 13 aliphatic rings. The zero-order valence-electron chi connectivity index (χ0n) is 54.6. The second-order valence-corrected chi connectivity index (χ2v) is 34.9. The van der Waals surface area contributed by atoms with Gasteiger partial charge in [0.25, 0.3) is 0 Å². The van der Waals surface area contributed by atoms with Gasteiger partial charge in [-0.05, 0) is 221 Å².